The zero-order valence-corrected chi connectivity index (χ0v) is 16.4. The third-order valence-electron chi connectivity index (χ3n) is 4.57. The average Bonchev–Trinajstić information content (AvgIpc) is 3.35. The van der Waals surface area contributed by atoms with Gasteiger partial charge in [0.2, 0.25) is 5.91 Å². The summed E-state index contributed by atoms with van der Waals surface area (Å²) >= 11 is 5.29. The third kappa shape index (κ3) is 3.58. The highest BCUT2D eigenvalue weighted by atomic mass is 32.1. The quantitative estimate of drug-likeness (QED) is 0.687. The normalized spacial score (nSPS) is 18.7. The van der Waals surface area contributed by atoms with Crippen molar-refractivity contribution >= 4 is 39.9 Å². The molecule has 3 nitrogen and oxygen atoms in total. The molecule has 0 bridgehead atoms. The van der Waals surface area contributed by atoms with Crippen molar-refractivity contribution < 1.29 is 4.79 Å². The number of fused-ring (bicyclic) bond motifs is 1. The predicted molar refractivity (Wildman–Crippen MR) is 107 cm³/mol. The van der Waals surface area contributed by atoms with Gasteiger partial charge in [0.05, 0.1) is 18.6 Å². The van der Waals surface area contributed by atoms with Gasteiger partial charge in [-0.3, -0.25) is 9.69 Å². The van der Waals surface area contributed by atoms with Crippen molar-refractivity contribution in [2.45, 2.75) is 25.4 Å². The monoisotopic (exact) mass is 388 g/mol. The van der Waals surface area contributed by atoms with Gasteiger partial charge in [0, 0.05) is 21.2 Å². The molecule has 1 aliphatic rings. The van der Waals surface area contributed by atoms with Gasteiger partial charge in [-0.25, -0.2) is 0 Å². The first-order valence-corrected chi connectivity index (χ1v) is 11.0. The molecule has 130 valence electrons. The minimum Gasteiger partial charge on any atom is -0.348 e. The molecule has 25 heavy (non-hydrogen) atoms. The smallest absolute Gasteiger partial charge is 0.234 e. The molecule has 0 aromatic carbocycles. The standard InChI is InChI=1S/C19H20N2OS3/c1-13(15-4-2-9-23-15)20-18(22)12-21-8-6-16-14(7-11-25-16)19(21)17-5-3-10-24-17/h2-5,7,9-11,13,19H,6,8,12H2,1H3,(H,20,22)/t13-,19-/m1/s1. The zero-order chi connectivity index (χ0) is 17.2. The maximum atomic E-state index is 12.6. The number of nitrogens with one attached hydrogen (secondary N) is 1. The van der Waals surface area contributed by atoms with E-state index in [2.05, 4.69) is 45.2 Å². The first-order chi connectivity index (χ1) is 12.2. The van der Waals surface area contributed by atoms with Crippen LogP contribution in [0.25, 0.3) is 0 Å². The molecule has 0 saturated carbocycles. The first-order valence-electron chi connectivity index (χ1n) is 8.39. The Kier molecular flexibility index (Phi) is 5.03. The fourth-order valence-corrected chi connectivity index (χ4v) is 5.91. The van der Waals surface area contributed by atoms with Gasteiger partial charge in [0.1, 0.15) is 0 Å². The van der Waals surface area contributed by atoms with Gasteiger partial charge >= 0.3 is 0 Å². The molecule has 4 rings (SSSR count). The van der Waals surface area contributed by atoms with Crippen LogP contribution in [0.2, 0.25) is 0 Å². The average molecular weight is 389 g/mol. The van der Waals surface area contributed by atoms with E-state index in [1.807, 2.05) is 29.7 Å². The molecular formula is C19H20N2OS3. The topological polar surface area (TPSA) is 32.3 Å². The molecule has 3 aromatic rings. The molecule has 3 aromatic heterocycles. The van der Waals surface area contributed by atoms with Crippen LogP contribution in [0.4, 0.5) is 0 Å². The van der Waals surface area contributed by atoms with Crippen molar-refractivity contribution in [2.75, 3.05) is 13.1 Å². The number of hydrogen-bond acceptors (Lipinski definition) is 5. The number of carbonyl (C=O) groups is 1. The lowest BCUT2D eigenvalue weighted by Crippen LogP contribution is -2.43. The van der Waals surface area contributed by atoms with E-state index in [9.17, 15) is 4.79 Å². The summed E-state index contributed by atoms with van der Waals surface area (Å²) in [6, 6.07) is 10.9. The van der Waals surface area contributed by atoms with Gasteiger partial charge < -0.3 is 5.32 Å². The van der Waals surface area contributed by atoms with Crippen LogP contribution >= 0.6 is 34.0 Å². The molecule has 1 amide bonds. The van der Waals surface area contributed by atoms with E-state index < -0.39 is 0 Å². The largest absolute Gasteiger partial charge is 0.348 e. The summed E-state index contributed by atoms with van der Waals surface area (Å²) < 4.78 is 0. The maximum Gasteiger partial charge on any atom is 0.234 e. The second kappa shape index (κ2) is 7.41. The van der Waals surface area contributed by atoms with E-state index in [1.165, 1.54) is 20.2 Å². The highest BCUT2D eigenvalue weighted by Gasteiger charge is 2.31. The van der Waals surface area contributed by atoms with E-state index in [-0.39, 0.29) is 18.0 Å². The molecule has 1 aliphatic heterocycles. The highest BCUT2D eigenvalue weighted by Crippen LogP contribution is 2.39. The lowest BCUT2D eigenvalue weighted by Gasteiger charge is -2.35. The molecule has 0 saturated heterocycles. The Balaban J connectivity index is 1.50. The van der Waals surface area contributed by atoms with Gasteiger partial charge in [-0.1, -0.05) is 12.1 Å². The fourth-order valence-electron chi connectivity index (χ4n) is 3.40. The lowest BCUT2D eigenvalue weighted by molar-refractivity contribution is -0.123. The minimum atomic E-state index is 0.0641. The molecule has 0 aliphatic carbocycles. The second-order valence-corrected chi connectivity index (χ2v) is 9.20. The Bertz CT molecular complexity index is 823. The van der Waals surface area contributed by atoms with Crippen molar-refractivity contribution in [3.8, 4) is 0 Å². The summed E-state index contributed by atoms with van der Waals surface area (Å²) in [6.07, 6.45) is 1.03. The number of carbonyl (C=O) groups excluding carboxylic acids is 1. The Morgan fingerprint density at radius 1 is 1.20 bits per heavy atom. The number of hydrogen-bond donors (Lipinski definition) is 1. The molecule has 6 heteroatoms. The summed E-state index contributed by atoms with van der Waals surface area (Å²) in [5.74, 6) is 0.0983. The first kappa shape index (κ1) is 17.0. The predicted octanol–water partition coefficient (Wildman–Crippen LogP) is 4.70. The van der Waals surface area contributed by atoms with Gasteiger partial charge in [-0.2, -0.15) is 0 Å². The van der Waals surface area contributed by atoms with Gasteiger partial charge in [-0.15, -0.1) is 34.0 Å². The summed E-state index contributed by atoms with van der Waals surface area (Å²) in [4.78, 5) is 18.9. The van der Waals surface area contributed by atoms with Crippen LogP contribution < -0.4 is 5.32 Å². The van der Waals surface area contributed by atoms with E-state index in [0.29, 0.717) is 6.54 Å². The van der Waals surface area contributed by atoms with Crippen molar-refractivity contribution in [1.82, 2.24) is 10.2 Å². The van der Waals surface area contributed by atoms with E-state index in [1.54, 1.807) is 22.7 Å². The van der Waals surface area contributed by atoms with Crippen molar-refractivity contribution in [2.24, 2.45) is 0 Å². The van der Waals surface area contributed by atoms with Crippen molar-refractivity contribution in [1.29, 1.82) is 0 Å². The molecule has 1 N–H and O–H groups in total. The van der Waals surface area contributed by atoms with Crippen molar-refractivity contribution in [3.05, 3.63) is 66.7 Å². The minimum absolute atomic E-state index is 0.0641. The molecular weight excluding hydrogens is 368 g/mol. The molecule has 0 spiro atoms. The number of amides is 1. The molecule has 4 heterocycles. The molecule has 2 atom stereocenters. The molecule has 0 fully saturated rings. The van der Waals surface area contributed by atoms with Crippen LogP contribution in [-0.2, 0) is 11.2 Å². The lowest BCUT2D eigenvalue weighted by atomic mass is 9.98. The van der Waals surface area contributed by atoms with Crippen LogP contribution in [0.15, 0.2) is 46.5 Å². The summed E-state index contributed by atoms with van der Waals surface area (Å²) in [6.45, 7) is 3.41. The summed E-state index contributed by atoms with van der Waals surface area (Å²) in [5, 5.41) is 9.49. The van der Waals surface area contributed by atoms with Gasteiger partial charge in [0.15, 0.2) is 0 Å². The van der Waals surface area contributed by atoms with E-state index >= 15 is 0 Å². The Morgan fingerprint density at radius 2 is 2.04 bits per heavy atom. The number of thiophene rings is 3. The SMILES string of the molecule is C[C@@H](NC(=O)CN1CCc2sccc2[C@@H]1c1cccs1)c1cccs1. The summed E-state index contributed by atoms with van der Waals surface area (Å²) in [7, 11) is 0. The summed E-state index contributed by atoms with van der Waals surface area (Å²) in [5.41, 5.74) is 1.37. The second-order valence-electron chi connectivity index (χ2n) is 6.24. The number of rotatable bonds is 5. The Morgan fingerprint density at radius 3 is 2.80 bits per heavy atom. The number of nitrogens with zero attached hydrogens (tertiary/aromatic N) is 1. The van der Waals surface area contributed by atoms with Crippen LogP contribution in [0.3, 0.4) is 0 Å². The fraction of sp³-hybridized carbons (Fsp3) is 0.316. The van der Waals surface area contributed by atoms with Crippen LogP contribution in [0.1, 0.15) is 39.2 Å². The van der Waals surface area contributed by atoms with Crippen LogP contribution in [0, 0.1) is 0 Å². The molecule has 0 radical (unpaired) electrons. The highest BCUT2D eigenvalue weighted by molar-refractivity contribution is 7.10. The van der Waals surface area contributed by atoms with E-state index in [4.69, 9.17) is 0 Å². The van der Waals surface area contributed by atoms with Gasteiger partial charge in [-0.05, 0) is 53.2 Å². The van der Waals surface area contributed by atoms with Crippen LogP contribution in [-0.4, -0.2) is 23.9 Å². The zero-order valence-electron chi connectivity index (χ0n) is 14.0. The Labute approximate surface area is 159 Å². The van der Waals surface area contributed by atoms with Crippen molar-refractivity contribution in [3.63, 3.8) is 0 Å². The van der Waals surface area contributed by atoms with Crippen LogP contribution in [0.5, 0.6) is 0 Å². The maximum absolute atomic E-state index is 12.6. The van der Waals surface area contributed by atoms with Gasteiger partial charge in [0.25, 0.3) is 0 Å². The Hall–Kier alpha value is -1.47. The van der Waals surface area contributed by atoms with E-state index in [0.717, 1.165) is 13.0 Å². The third-order valence-corrected chi connectivity index (χ3v) is 7.55. The molecule has 0 unspecified atom stereocenters.